The second kappa shape index (κ2) is 12.1. The third kappa shape index (κ3) is 5.96. The van der Waals surface area contributed by atoms with E-state index in [1.165, 1.54) is 14.2 Å². The largest absolute Gasteiger partial charge is 0.495 e. The van der Waals surface area contributed by atoms with Crippen molar-refractivity contribution in [3.05, 3.63) is 64.2 Å². The number of hydrogen-bond donors (Lipinski definition) is 0. The molecule has 2 atom stereocenters. The normalized spacial score (nSPS) is 20.3. The van der Waals surface area contributed by atoms with E-state index in [0.717, 1.165) is 5.56 Å². The molecular weight excluding hydrogens is 488 g/mol. The number of ketones is 1. The van der Waals surface area contributed by atoms with Gasteiger partial charge in [0, 0.05) is 24.3 Å². The van der Waals surface area contributed by atoms with Crippen LogP contribution in [-0.2, 0) is 19.1 Å². The molecule has 4 rings (SSSR count). The average Bonchev–Trinajstić information content (AvgIpc) is 2.90. The molecule has 0 aromatic heterocycles. The van der Waals surface area contributed by atoms with E-state index in [1.807, 2.05) is 13.0 Å². The van der Waals surface area contributed by atoms with Crippen LogP contribution >= 0.6 is 0 Å². The molecule has 0 radical (unpaired) electrons. The minimum atomic E-state index is -0.545. The van der Waals surface area contributed by atoms with Crippen LogP contribution in [0.1, 0.15) is 95.2 Å². The minimum absolute atomic E-state index is 0.0367. The highest BCUT2D eigenvalue weighted by molar-refractivity contribution is 5.99. The van der Waals surface area contributed by atoms with Crippen LogP contribution in [0.2, 0.25) is 0 Å². The monoisotopic (exact) mass is 520 g/mol. The molecule has 200 valence electrons. The van der Waals surface area contributed by atoms with Crippen molar-refractivity contribution in [3.63, 3.8) is 0 Å². The van der Waals surface area contributed by atoms with Crippen molar-refractivity contribution in [2.24, 2.45) is 0 Å². The van der Waals surface area contributed by atoms with Crippen LogP contribution in [0.25, 0.3) is 6.08 Å². The van der Waals surface area contributed by atoms with Gasteiger partial charge in [-0.3, -0.25) is 9.59 Å². The van der Waals surface area contributed by atoms with Crippen molar-refractivity contribution >= 4 is 29.8 Å². The first kappa shape index (κ1) is 27.1. The molecule has 0 spiro atoms. The Bertz CT molecular complexity index is 1260. The topological polar surface area (TPSA) is 105 Å². The lowest BCUT2D eigenvalue weighted by molar-refractivity contribution is -0.135. The summed E-state index contributed by atoms with van der Waals surface area (Å²) in [6.45, 7) is 1.81. The molecule has 2 aliphatic heterocycles. The minimum Gasteiger partial charge on any atom is -0.495 e. The average molecular weight is 521 g/mol. The first-order chi connectivity index (χ1) is 18.3. The van der Waals surface area contributed by atoms with Gasteiger partial charge in [0.25, 0.3) is 0 Å². The summed E-state index contributed by atoms with van der Waals surface area (Å²) in [5.74, 6) is -1.08. The van der Waals surface area contributed by atoms with E-state index in [9.17, 15) is 19.2 Å². The van der Waals surface area contributed by atoms with Crippen LogP contribution in [0.5, 0.6) is 11.5 Å². The van der Waals surface area contributed by atoms with Crippen molar-refractivity contribution < 1.29 is 38.1 Å². The van der Waals surface area contributed by atoms with E-state index in [2.05, 4.69) is 0 Å². The van der Waals surface area contributed by atoms with Gasteiger partial charge in [0.05, 0.1) is 32.3 Å². The molecule has 2 heterocycles. The molecule has 8 heteroatoms. The molecule has 0 aliphatic carbocycles. The van der Waals surface area contributed by atoms with Gasteiger partial charge in [-0.15, -0.1) is 0 Å². The SMILES string of the molecule is COC(=O)c1ccc(C2CC(=O)Oc3cc4c(c(OC)c32)C(=O)O[C@@H](C)CCCC(=O)CCCC=C4)cc1. The molecule has 0 amide bonds. The fourth-order valence-electron chi connectivity index (χ4n) is 4.96. The van der Waals surface area contributed by atoms with Crippen LogP contribution in [0.4, 0.5) is 0 Å². The maximum atomic E-state index is 13.5. The fraction of sp³-hybridized carbons (Fsp3) is 0.400. The summed E-state index contributed by atoms with van der Waals surface area (Å²) in [5.41, 5.74) is 2.49. The lowest BCUT2D eigenvalue weighted by Crippen LogP contribution is -2.24. The third-order valence-electron chi connectivity index (χ3n) is 6.90. The summed E-state index contributed by atoms with van der Waals surface area (Å²) in [6.07, 6.45) is 6.89. The van der Waals surface area contributed by atoms with Crippen LogP contribution in [-0.4, -0.2) is 44.0 Å². The Morgan fingerprint density at radius 2 is 1.76 bits per heavy atom. The number of benzene rings is 2. The molecule has 0 fully saturated rings. The highest BCUT2D eigenvalue weighted by Crippen LogP contribution is 2.47. The summed E-state index contributed by atoms with van der Waals surface area (Å²) in [7, 11) is 2.79. The molecule has 38 heavy (non-hydrogen) atoms. The molecule has 0 saturated carbocycles. The molecule has 2 aromatic carbocycles. The number of fused-ring (bicyclic) bond motifs is 2. The van der Waals surface area contributed by atoms with E-state index in [4.69, 9.17) is 18.9 Å². The molecule has 0 saturated heterocycles. The Hall–Kier alpha value is -3.94. The van der Waals surface area contributed by atoms with Gasteiger partial charge in [-0.25, -0.2) is 9.59 Å². The quantitative estimate of drug-likeness (QED) is 0.391. The zero-order valence-corrected chi connectivity index (χ0v) is 21.9. The smallest absolute Gasteiger partial charge is 0.342 e. The number of Topliss-reactive ketones (excluding diaryl/α,β-unsaturated/α-hetero) is 1. The number of allylic oxidation sites excluding steroid dienone is 1. The summed E-state index contributed by atoms with van der Waals surface area (Å²) in [4.78, 5) is 50.1. The van der Waals surface area contributed by atoms with Gasteiger partial charge < -0.3 is 18.9 Å². The van der Waals surface area contributed by atoms with E-state index in [1.54, 1.807) is 36.4 Å². The zero-order chi connectivity index (χ0) is 27.2. The maximum Gasteiger partial charge on any atom is 0.342 e. The molecule has 0 N–H and O–H groups in total. The first-order valence-electron chi connectivity index (χ1n) is 12.9. The number of ether oxygens (including phenoxy) is 4. The number of carbonyl (C=O) groups is 4. The van der Waals surface area contributed by atoms with Crippen molar-refractivity contribution in [2.45, 2.75) is 63.9 Å². The predicted octanol–water partition coefficient (Wildman–Crippen LogP) is 5.40. The Balaban J connectivity index is 1.82. The number of esters is 3. The van der Waals surface area contributed by atoms with Gasteiger partial charge in [0.15, 0.2) is 0 Å². The molecule has 1 unspecified atom stereocenters. The number of carbonyl (C=O) groups excluding carboxylic acids is 4. The Morgan fingerprint density at radius 3 is 2.47 bits per heavy atom. The number of hydrogen-bond acceptors (Lipinski definition) is 8. The fourth-order valence-corrected chi connectivity index (χ4v) is 4.96. The van der Waals surface area contributed by atoms with E-state index in [0.29, 0.717) is 61.0 Å². The maximum absolute atomic E-state index is 13.5. The second-order valence-corrected chi connectivity index (χ2v) is 9.57. The van der Waals surface area contributed by atoms with Crippen LogP contribution in [0, 0.1) is 0 Å². The van der Waals surface area contributed by atoms with Crippen molar-refractivity contribution in [1.29, 1.82) is 0 Å². The van der Waals surface area contributed by atoms with Crippen LogP contribution in [0.15, 0.2) is 36.4 Å². The number of rotatable bonds is 3. The first-order valence-corrected chi connectivity index (χ1v) is 12.9. The summed E-state index contributed by atoms with van der Waals surface area (Å²) in [6, 6.07) is 8.45. The van der Waals surface area contributed by atoms with Gasteiger partial charge in [-0.1, -0.05) is 24.3 Å². The zero-order valence-electron chi connectivity index (χ0n) is 21.9. The highest BCUT2D eigenvalue weighted by atomic mass is 16.5. The highest BCUT2D eigenvalue weighted by Gasteiger charge is 2.36. The van der Waals surface area contributed by atoms with Crippen molar-refractivity contribution in [2.75, 3.05) is 14.2 Å². The summed E-state index contributed by atoms with van der Waals surface area (Å²) < 4.78 is 22.0. The van der Waals surface area contributed by atoms with Gasteiger partial charge in [-0.2, -0.15) is 0 Å². The van der Waals surface area contributed by atoms with E-state index < -0.39 is 29.9 Å². The molecule has 8 nitrogen and oxygen atoms in total. The van der Waals surface area contributed by atoms with Gasteiger partial charge in [0.2, 0.25) is 0 Å². The molecule has 0 bridgehead atoms. The lowest BCUT2D eigenvalue weighted by Gasteiger charge is -2.29. The summed E-state index contributed by atoms with van der Waals surface area (Å²) >= 11 is 0. The van der Waals surface area contributed by atoms with Gasteiger partial charge in [0.1, 0.15) is 22.8 Å². The van der Waals surface area contributed by atoms with E-state index in [-0.39, 0.29) is 23.5 Å². The van der Waals surface area contributed by atoms with Gasteiger partial charge in [-0.05, 0) is 61.9 Å². The molecule has 2 aliphatic rings. The molecule has 2 aromatic rings. The Labute approximate surface area is 221 Å². The van der Waals surface area contributed by atoms with Crippen molar-refractivity contribution in [1.82, 2.24) is 0 Å². The van der Waals surface area contributed by atoms with Crippen LogP contribution in [0.3, 0.4) is 0 Å². The standard InChI is InChI=1S/C30H32O8/c1-18-8-7-11-22(31)10-6-4-5-9-21-16-24-27(28(35-2)26(21)30(34)37-18)23(17-25(32)38-24)19-12-14-20(15-13-19)29(33)36-3/h5,9,12-16,18,23H,4,6-8,10-11,17H2,1-3H3/t18-,23?/m0/s1. The predicted molar refractivity (Wildman–Crippen MR) is 139 cm³/mol. The number of cyclic esters (lactones) is 1. The summed E-state index contributed by atoms with van der Waals surface area (Å²) in [5, 5.41) is 0. The van der Waals surface area contributed by atoms with E-state index >= 15 is 0 Å². The molecular formula is C30H32O8. The Morgan fingerprint density at radius 1 is 1.03 bits per heavy atom. The van der Waals surface area contributed by atoms with Crippen LogP contribution < -0.4 is 9.47 Å². The van der Waals surface area contributed by atoms with Gasteiger partial charge >= 0.3 is 17.9 Å². The van der Waals surface area contributed by atoms with Crippen molar-refractivity contribution in [3.8, 4) is 11.5 Å². The number of methoxy groups -OCH3 is 2. The third-order valence-corrected chi connectivity index (χ3v) is 6.90. The second-order valence-electron chi connectivity index (χ2n) is 9.57. The lowest BCUT2D eigenvalue weighted by atomic mass is 9.83. The Kier molecular flexibility index (Phi) is 8.61.